The summed E-state index contributed by atoms with van der Waals surface area (Å²) in [6, 6.07) is -0.646. The van der Waals surface area contributed by atoms with Crippen LogP contribution in [-0.2, 0) is 20.7 Å². The third kappa shape index (κ3) is 6.01. The van der Waals surface area contributed by atoms with Gasteiger partial charge in [-0.25, -0.2) is 4.98 Å². The van der Waals surface area contributed by atoms with Crippen LogP contribution < -0.4 is 11.1 Å². The van der Waals surface area contributed by atoms with Crippen LogP contribution in [0.1, 0.15) is 25.5 Å². The molecule has 1 aromatic heterocycles. The lowest BCUT2D eigenvalue weighted by atomic mass is 10.1. The molecule has 0 bridgehead atoms. The summed E-state index contributed by atoms with van der Waals surface area (Å²) in [5, 5.41) is 2.62. The van der Waals surface area contributed by atoms with E-state index in [1.165, 1.54) is 6.33 Å². The number of esters is 1. The van der Waals surface area contributed by atoms with Crippen molar-refractivity contribution in [3.05, 3.63) is 18.2 Å². The third-order valence-electron chi connectivity index (χ3n) is 2.45. The second-order valence-electron chi connectivity index (χ2n) is 4.15. The van der Waals surface area contributed by atoms with Gasteiger partial charge < -0.3 is 20.8 Å². The fraction of sp³-hybridized carbons (Fsp3) is 0.583. The highest BCUT2D eigenvalue weighted by molar-refractivity contribution is 5.81. The van der Waals surface area contributed by atoms with Crippen LogP contribution in [0.2, 0.25) is 0 Å². The molecular weight excluding hydrogens is 248 g/mol. The Morgan fingerprint density at radius 1 is 1.58 bits per heavy atom. The molecule has 1 amide bonds. The van der Waals surface area contributed by atoms with Gasteiger partial charge in [0.25, 0.3) is 0 Å². The molecule has 7 nitrogen and oxygen atoms in total. The molecule has 7 heteroatoms. The van der Waals surface area contributed by atoms with Crippen molar-refractivity contribution in [2.45, 2.75) is 32.2 Å². The number of aromatic amines is 1. The summed E-state index contributed by atoms with van der Waals surface area (Å²) < 4.78 is 4.91. The standard InChI is InChI=1S/C12H20N4O3/c1-2-3-11(17)19-5-4-15-12(18)10(13)6-9-7-14-8-16-9/h7-8,10H,2-6,13H2,1H3,(H,14,16)(H,15,18)/t10-/m0/s1. The molecule has 0 aliphatic rings. The highest BCUT2D eigenvalue weighted by Crippen LogP contribution is 1.96. The Morgan fingerprint density at radius 2 is 2.37 bits per heavy atom. The highest BCUT2D eigenvalue weighted by atomic mass is 16.5. The molecular formula is C12H20N4O3. The minimum atomic E-state index is -0.646. The summed E-state index contributed by atoms with van der Waals surface area (Å²) in [6.07, 6.45) is 4.70. The summed E-state index contributed by atoms with van der Waals surface area (Å²) >= 11 is 0. The first-order chi connectivity index (χ1) is 9.13. The van der Waals surface area contributed by atoms with Crippen molar-refractivity contribution >= 4 is 11.9 Å². The number of imidazole rings is 1. The summed E-state index contributed by atoms with van der Waals surface area (Å²) in [7, 11) is 0. The first-order valence-corrected chi connectivity index (χ1v) is 6.29. The van der Waals surface area contributed by atoms with E-state index in [0.717, 1.165) is 12.1 Å². The fourth-order valence-electron chi connectivity index (χ4n) is 1.47. The number of carbonyl (C=O) groups is 2. The van der Waals surface area contributed by atoms with E-state index in [4.69, 9.17) is 10.5 Å². The number of H-pyrrole nitrogens is 1. The van der Waals surface area contributed by atoms with Crippen molar-refractivity contribution in [3.8, 4) is 0 Å². The zero-order valence-electron chi connectivity index (χ0n) is 11.0. The number of hydrogen-bond acceptors (Lipinski definition) is 5. The number of nitrogens with one attached hydrogen (secondary N) is 2. The van der Waals surface area contributed by atoms with E-state index in [1.54, 1.807) is 6.20 Å². The van der Waals surface area contributed by atoms with Crippen LogP contribution in [0.25, 0.3) is 0 Å². The Kier molecular flexibility index (Phi) is 6.59. The molecule has 0 radical (unpaired) electrons. The molecule has 0 saturated heterocycles. The predicted molar refractivity (Wildman–Crippen MR) is 69.1 cm³/mol. The molecule has 0 spiro atoms. The monoisotopic (exact) mass is 268 g/mol. The second-order valence-corrected chi connectivity index (χ2v) is 4.15. The first-order valence-electron chi connectivity index (χ1n) is 6.29. The van der Waals surface area contributed by atoms with Gasteiger partial charge in [-0.3, -0.25) is 9.59 Å². The average molecular weight is 268 g/mol. The Labute approximate surface area is 111 Å². The first kappa shape index (κ1) is 15.2. The minimum absolute atomic E-state index is 0.168. The Morgan fingerprint density at radius 3 is 3.00 bits per heavy atom. The van der Waals surface area contributed by atoms with Gasteiger partial charge in [0.05, 0.1) is 18.9 Å². The summed E-state index contributed by atoms with van der Waals surface area (Å²) in [5.41, 5.74) is 6.53. The SMILES string of the molecule is CCCC(=O)OCCNC(=O)[C@@H](N)Cc1cnc[nH]1. The highest BCUT2D eigenvalue weighted by Gasteiger charge is 2.14. The largest absolute Gasteiger partial charge is 0.464 e. The van der Waals surface area contributed by atoms with Crippen LogP contribution in [0.4, 0.5) is 0 Å². The number of carbonyl (C=O) groups excluding carboxylic acids is 2. The van der Waals surface area contributed by atoms with Crippen LogP contribution in [0, 0.1) is 0 Å². The molecule has 1 aromatic rings. The van der Waals surface area contributed by atoms with Gasteiger partial charge in [0.2, 0.25) is 5.91 Å². The van der Waals surface area contributed by atoms with Crippen molar-refractivity contribution in [1.29, 1.82) is 0 Å². The number of rotatable bonds is 8. The number of amides is 1. The fourth-order valence-corrected chi connectivity index (χ4v) is 1.47. The number of aromatic nitrogens is 2. The molecule has 106 valence electrons. The molecule has 4 N–H and O–H groups in total. The molecule has 0 saturated carbocycles. The maximum Gasteiger partial charge on any atom is 0.305 e. The lowest BCUT2D eigenvalue weighted by Gasteiger charge is -2.11. The lowest BCUT2D eigenvalue weighted by Crippen LogP contribution is -2.43. The van der Waals surface area contributed by atoms with Gasteiger partial charge in [-0.2, -0.15) is 0 Å². The van der Waals surface area contributed by atoms with Gasteiger partial charge in [-0.15, -0.1) is 0 Å². The molecule has 0 fully saturated rings. The van der Waals surface area contributed by atoms with E-state index in [2.05, 4.69) is 15.3 Å². The minimum Gasteiger partial charge on any atom is -0.464 e. The van der Waals surface area contributed by atoms with Crippen LogP contribution in [0.15, 0.2) is 12.5 Å². The van der Waals surface area contributed by atoms with Gasteiger partial charge in [0.15, 0.2) is 0 Å². The van der Waals surface area contributed by atoms with E-state index >= 15 is 0 Å². The number of hydrogen-bond donors (Lipinski definition) is 3. The number of nitrogens with two attached hydrogens (primary N) is 1. The van der Waals surface area contributed by atoms with Crippen molar-refractivity contribution in [2.75, 3.05) is 13.2 Å². The number of nitrogens with zero attached hydrogens (tertiary/aromatic N) is 1. The van der Waals surface area contributed by atoms with Gasteiger partial charge in [-0.1, -0.05) is 6.92 Å². The van der Waals surface area contributed by atoms with E-state index < -0.39 is 6.04 Å². The van der Waals surface area contributed by atoms with Gasteiger partial charge in [0.1, 0.15) is 6.61 Å². The van der Waals surface area contributed by atoms with Crippen LogP contribution >= 0.6 is 0 Å². The van der Waals surface area contributed by atoms with Gasteiger partial charge >= 0.3 is 5.97 Å². The van der Waals surface area contributed by atoms with Crippen LogP contribution in [0.5, 0.6) is 0 Å². The number of ether oxygens (including phenoxy) is 1. The zero-order valence-corrected chi connectivity index (χ0v) is 11.0. The zero-order chi connectivity index (χ0) is 14.1. The van der Waals surface area contributed by atoms with Crippen molar-refractivity contribution < 1.29 is 14.3 Å². The second kappa shape index (κ2) is 8.25. The molecule has 1 atom stereocenters. The van der Waals surface area contributed by atoms with E-state index in [9.17, 15) is 9.59 Å². The average Bonchev–Trinajstić information content (AvgIpc) is 2.87. The van der Waals surface area contributed by atoms with Crippen LogP contribution in [0.3, 0.4) is 0 Å². The lowest BCUT2D eigenvalue weighted by molar-refractivity contribution is -0.144. The maximum atomic E-state index is 11.6. The molecule has 0 aliphatic carbocycles. The molecule has 19 heavy (non-hydrogen) atoms. The smallest absolute Gasteiger partial charge is 0.305 e. The van der Waals surface area contributed by atoms with Gasteiger partial charge in [-0.05, 0) is 6.42 Å². The Balaban J connectivity index is 2.15. The molecule has 0 unspecified atom stereocenters. The van der Waals surface area contributed by atoms with E-state index in [0.29, 0.717) is 12.8 Å². The van der Waals surface area contributed by atoms with Crippen molar-refractivity contribution in [2.24, 2.45) is 5.73 Å². The van der Waals surface area contributed by atoms with Crippen LogP contribution in [-0.4, -0.2) is 41.0 Å². The van der Waals surface area contributed by atoms with E-state index in [1.807, 2.05) is 6.92 Å². The predicted octanol–water partition coefficient (Wildman–Crippen LogP) is -0.261. The van der Waals surface area contributed by atoms with Crippen molar-refractivity contribution in [1.82, 2.24) is 15.3 Å². The normalized spacial score (nSPS) is 11.9. The topological polar surface area (TPSA) is 110 Å². The molecule has 0 aliphatic heterocycles. The maximum absolute atomic E-state index is 11.6. The van der Waals surface area contributed by atoms with Crippen molar-refractivity contribution in [3.63, 3.8) is 0 Å². The van der Waals surface area contributed by atoms with Gasteiger partial charge in [0, 0.05) is 24.7 Å². The van der Waals surface area contributed by atoms with E-state index in [-0.39, 0.29) is 25.0 Å². The Bertz CT molecular complexity index is 392. The molecule has 1 heterocycles. The summed E-state index contributed by atoms with van der Waals surface area (Å²) in [6.45, 7) is 2.34. The summed E-state index contributed by atoms with van der Waals surface area (Å²) in [5.74, 6) is -0.528. The molecule has 1 rings (SSSR count). The third-order valence-corrected chi connectivity index (χ3v) is 2.45. The Hall–Kier alpha value is -1.89. The summed E-state index contributed by atoms with van der Waals surface area (Å²) in [4.78, 5) is 29.4. The molecule has 0 aromatic carbocycles. The quantitative estimate of drug-likeness (QED) is 0.444.